The molecule has 4 heteroatoms. The first-order valence-electron chi connectivity index (χ1n) is 6.68. The van der Waals surface area contributed by atoms with Gasteiger partial charge in [-0.2, -0.15) is 0 Å². The first-order chi connectivity index (χ1) is 8.95. The van der Waals surface area contributed by atoms with E-state index in [0.717, 1.165) is 18.7 Å². The summed E-state index contributed by atoms with van der Waals surface area (Å²) in [5.41, 5.74) is 1.11. The van der Waals surface area contributed by atoms with Crippen LogP contribution < -0.4 is 10.1 Å². The summed E-state index contributed by atoms with van der Waals surface area (Å²) in [6.45, 7) is 6.17. The number of methoxy groups -OCH3 is 1. The smallest absolute Gasteiger partial charge is 0.160 e. The van der Waals surface area contributed by atoms with Crippen molar-refractivity contribution in [1.82, 2.24) is 10.2 Å². The Morgan fingerprint density at radius 3 is 2.53 bits per heavy atom. The monoisotopic (exact) mass is 266 g/mol. The van der Waals surface area contributed by atoms with Crippen molar-refractivity contribution in [2.75, 3.05) is 27.7 Å². The van der Waals surface area contributed by atoms with Gasteiger partial charge in [0.2, 0.25) is 0 Å². The van der Waals surface area contributed by atoms with Gasteiger partial charge in [-0.15, -0.1) is 0 Å². The van der Waals surface area contributed by atoms with Crippen molar-refractivity contribution in [1.29, 1.82) is 0 Å². The minimum absolute atomic E-state index is 0.180. The number of nitrogens with zero attached hydrogens (tertiary/aromatic N) is 1. The second-order valence-electron chi connectivity index (χ2n) is 5.41. The van der Waals surface area contributed by atoms with Crippen molar-refractivity contribution >= 4 is 0 Å². The van der Waals surface area contributed by atoms with Crippen molar-refractivity contribution in [2.24, 2.45) is 5.92 Å². The number of benzene rings is 1. The Balaban J connectivity index is 2.53. The Hall–Kier alpha value is -1.26. The van der Waals surface area contributed by atoms with E-state index in [2.05, 4.69) is 38.2 Å². The summed E-state index contributed by atoms with van der Waals surface area (Å²) in [4.78, 5) is 2.25. The summed E-state index contributed by atoms with van der Waals surface area (Å²) in [5, 5.41) is 13.0. The van der Waals surface area contributed by atoms with Gasteiger partial charge in [0.1, 0.15) is 0 Å². The molecule has 2 N–H and O–H groups in total. The molecule has 0 saturated heterocycles. The summed E-state index contributed by atoms with van der Waals surface area (Å²) in [6, 6.07) is 5.95. The van der Waals surface area contributed by atoms with Gasteiger partial charge in [-0.25, -0.2) is 0 Å². The predicted molar refractivity (Wildman–Crippen MR) is 78.7 cm³/mol. The lowest BCUT2D eigenvalue weighted by Crippen LogP contribution is -2.41. The van der Waals surface area contributed by atoms with Gasteiger partial charge in [0.05, 0.1) is 7.11 Å². The van der Waals surface area contributed by atoms with Crippen LogP contribution in [-0.4, -0.2) is 43.8 Å². The third kappa shape index (κ3) is 4.73. The molecule has 19 heavy (non-hydrogen) atoms. The molecule has 1 aromatic rings. The molecule has 0 amide bonds. The molecular formula is C15H26N2O2. The van der Waals surface area contributed by atoms with Gasteiger partial charge in [-0.05, 0) is 37.7 Å². The molecule has 4 nitrogen and oxygen atoms in total. The molecule has 1 aromatic carbocycles. The number of nitrogens with one attached hydrogen (secondary N) is 1. The van der Waals surface area contributed by atoms with Crippen LogP contribution in [0.15, 0.2) is 18.2 Å². The first kappa shape index (κ1) is 15.8. The van der Waals surface area contributed by atoms with Crippen LogP contribution in [0.4, 0.5) is 0 Å². The molecule has 0 saturated carbocycles. The van der Waals surface area contributed by atoms with Crippen molar-refractivity contribution in [3.63, 3.8) is 0 Å². The van der Waals surface area contributed by atoms with Crippen LogP contribution >= 0.6 is 0 Å². The van der Waals surface area contributed by atoms with Crippen LogP contribution in [0.25, 0.3) is 0 Å². The minimum atomic E-state index is 0.180. The molecular weight excluding hydrogens is 240 g/mol. The van der Waals surface area contributed by atoms with E-state index in [1.807, 2.05) is 12.1 Å². The molecule has 0 radical (unpaired) electrons. The number of hydrogen-bond donors (Lipinski definition) is 2. The topological polar surface area (TPSA) is 44.7 Å². The molecule has 0 bridgehead atoms. The maximum Gasteiger partial charge on any atom is 0.160 e. The third-order valence-electron chi connectivity index (χ3n) is 3.36. The van der Waals surface area contributed by atoms with E-state index in [-0.39, 0.29) is 5.75 Å². The van der Waals surface area contributed by atoms with Crippen LogP contribution in [0, 0.1) is 5.92 Å². The predicted octanol–water partition coefficient (Wildman–Crippen LogP) is 2.08. The summed E-state index contributed by atoms with van der Waals surface area (Å²) < 4.78 is 5.10. The van der Waals surface area contributed by atoms with Gasteiger partial charge in [0, 0.05) is 19.1 Å². The Morgan fingerprint density at radius 1 is 1.32 bits per heavy atom. The molecule has 108 valence electrons. The molecule has 1 rings (SSSR count). The highest BCUT2D eigenvalue weighted by Gasteiger charge is 2.14. The zero-order valence-electron chi connectivity index (χ0n) is 12.6. The van der Waals surface area contributed by atoms with E-state index >= 15 is 0 Å². The molecule has 0 fully saturated rings. The highest BCUT2D eigenvalue weighted by molar-refractivity contribution is 5.41. The zero-order valence-corrected chi connectivity index (χ0v) is 12.6. The lowest BCUT2D eigenvalue weighted by atomic mass is 10.0. The Labute approximate surface area is 116 Å². The Morgan fingerprint density at radius 2 is 2.00 bits per heavy atom. The van der Waals surface area contributed by atoms with E-state index in [9.17, 15) is 5.11 Å². The largest absolute Gasteiger partial charge is 0.504 e. The molecule has 0 aliphatic rings. The van der Waals surface area contributed by atoms with Crippen molar-refractivity contribution in [3.8, 4) is 11.5 Å². The number of likely N-dealkylation sites (N-methyl/N-ethyl adjacent to an activating group) is 1. The third-order valence-corrected chi connectivity index (χ3v) is 3.36. The highest BCUT2D eigenvalue weighted by Crippen LogP contribution is 2.26. The fraction of sp³-hybridized carbons (Fsp3) is 0.600. The minimum Gasteiger partial charge on any atom is -0.504 e. The highest BCUT2D eigenvalue weighted by atomic mass is 16.5. The lowest BCUT2D eigenvalue weighted by Gasteiger charge is -2.28. The molecule has 1 atom stereocenters. The fourth-order valence-electron chi connectivity index (χ4n) is 2.21. The molecule has 1 unspecified atom stereocenters. The summed E-state index contributed by atoms with van der Waals surface area (Å²) >= 11 is 0. The fourth-order valence-corrected chi connectivity index (χ4v) is 2.21. The van der Waals surface area contributed by atoms with Crippen molar-refractivity contribution in [3.05, 3.63) is 23.8 Å². The Kier molecular flexibility index (Phi) is 6.12. The average Bonchev–Trinajstić information content (AvgIpc) is 2.35. The van der Waals surface area contributed by atoms with E-state index in [0.29, 0.717) is 17.7 Å². The second kappa shape index (κ2) is 7.36. The lowest BCUT2D eigenvalue weighted by molar-refractivity contribution is 0.224. The van der Waals surface area contributed by atoms with Gasteiger partial charge in [0.25, 0.3) is 0 Å². The SMILES string of the molecule is COc1cc(CNCC(C(C)C)N(C)C)ccc1O. The van der Waals surface area contributed by atoms with Crippen molar-refractivity contribution in [2.45, 2.75) is 26.4 Å². The van der Waals surface area contributed by atoms with Crippen LogP contribution in [0.3, 0.4) is 0 Å². The molecule has 0 heterocycles. The van der Waals surface area contributed by atoms with Crippen LogP contribution in [0.5, 0.6) is 11.5 Å². The van der Waals surface area contributed by atoms with Crippen LogP contribution in [-0.2, 0) is 6.54 Å². The number of hydrogen-bond acceptors (Lipinski definition) is 4. The van der Waals surface area contributed by atoms with Gasteiger partial charge >= 0.3 is 0 Å². The average molecular weight is 266 g/mol. The number of aromatic hydroxyl groups is 1. The zero-order chi connectivity index (χ0) is 14.4. The standard InChI is InChI=1S/C15H26N2O2/c1-11(2)13(17(3)4)10-16-9-12-6-7-14(18)15(8-12)19-5/h6-8,11,13,16,18H,9-10H2,1-5H3. The van der Waals surface area contributed by atoms with Crippen LogP contribution in [0.1, 0.15) is 19.4 Å². The van der Waals surface area contributed by atoms with E-state index in [1.54, 1.807) is 13.2 Å². The van der Waals surface area contributed by atoms with Crippen molar-refractivity contribution < 1.29 is 9.84 Å². The maximum atomic E-state index is 9.54. The second-order valence-corrected chi connectivity index (χ2v) is 5.41. The van der Waals surface area contributed by atoms with Gasteiger partial charge in [0.15, 0.2) is 11.5 Å². The van der Waals surface area contributed by atoms with Gasteiger partial charge < -0.3 is 20.1 Å². The first-order valence-corrected chi connectivity index (χ1v) is 6.68. The number of rotatable bonds is 7. The summed E-state index contributed by atoms with van der Waals surface area (Å²) in [7, 11) is 5.78. The summed E-state index contributed by atoms with van der Waals surface area (Å²) in [5.74, 6) is 1.31. The number of phenolic OH excluding ortho intramolecular Hbond substituents is 1. The van der Waals surface area contributed by atoms with E-state index < -0.39 is 0 Å². The van der Waals surface area contributed by atoms with Crippen LogP contribution in [0.2, 0.25) is 0 Å². The van der Waals surface area contributed by atoms with E-state index in [1.165, 1.54) is 0 Å². The molecule has 0 aliphatic carbocycles. The maximum absolute atomic E-state index is 9.54. The van der Waals surface area contributed by atoms with E-state index in [4.69, 9.17) is 4.74 Å². The molecule has 0 aliphatic heterocycles. The molecule has 0 spiro atoms. The Bertz CT molecular complexity index is 384. The number of ether oxygens (including phenoxy) is 1. The van der Waals surface area contributed by atoms with Gasteiger partial charge in [-0.1, -0.05) is 19.9 Å². The number of phenols is 1. The molecule has 0 aromatic heterocycles. The normalized spacial score (nSPS) is 13.0. The summed E-state index contributed by atoms with van der Waals surface area (Å²) in [6.07, 6.45) is 0. The van der Waals surface area contributed by atoms with Gasteiger partial charge in [-0.3, -0.25) is 0 Å². The quantitative estimate of drug-likeness (QED) is 0.793.